The van der Waals surface area contributed by atoms with Gasteiger partial charge in [0.1, 0.15) is 0 Å². The van der Waals surface area contributed by atoms with E-state index in [0.717, 1.165) is 16.5 Å². The summed E-state index contributed by atoms with van der Waals surface area (Å²) in [4.78, 5) is 10.3. The number of carbonyl (C=O) groups excluding carboxylic acids is 1. The average molecular weight is 244 g/mol. The van der Waals surface area contributed by atoms with Gasteiger partial charge in [0.25, 0.3) is 0 Å². The Labute approximate surface area is 100 Å². The maximum absolute atomic E-state index is 10.3. The zero-order valence-electron chi connectivity index (χ0n) is 7.84. The van der Waals surface area contributed by atoms with E-state index in [4.69, 9.17) is 0 Å². The number of hydrogen-bond acceptors (Lipinski definition) is 1. The van der Waals surface area contributed by atoms with Gasteiger partial charge in [0.2, 0.25) is 6.41 Å². The maximum atomic E-state index is 10.3. The van der Waals surface area contributed by atoms with Crippen LogP contribution in [-0.4, -0.2) is 6.41 Å². The first-order valence-electron chi connectivity index (χ1n) is 4.10. The van der Waals surface area contributed by atoms with E-state index in [1.54, 1.807) is 0 Å². The Kier molecular flexibility index (Phi) is 5.75. The fourth-order valence-electron chi connectivity index (χ4n) is 1.41. The first kappa shape index (κ1) is 13.8. The molecule has 1 N–H and O–H groups in total. The molecule has 2 aromatic carbocycles. The lowest BCUT2D eigenvalue weighted by molar-refractivity contribution is -0.105. The highest BCUT2D eigenvalue weighted by Crippen LogP contribution is 2.21. The molecule has 0 radical (unpaired) electrons. The van der Waals surface area contributed by atoms with Gasteiger partial charge in [-0.25, -0.2) is 0 Å². The Balaban J connectivity index is 0.000000980. The second kappa shape index (κ2) is 6.27. The maximum Gasteiger partial charge on any atom is 0.211 e. The molecule has 2 rings (SSSR count). The standard InChI is InChI=1S/C11H9NO.2ClH/c13-8-12-11-7-3-5-9-4-1-2-6-10(9)11;;/h1-8H,(H,12,13);2*1H. The Morgan fingerprint density at radius 2 is 1.60 bits per heavy atom. The van der Waals surface area contributed by atoms with Gasteiger partial charge in [-0.1, -0.05) is 36.4 Å². The molecule has 0 spiro atoms. The summed E-state index contributed by atoms with van der Waals surface area (Å²) >= 11 is 0. The van der Waals surface area contributed by atoms with Crippen molar-refractivity contribution in [1.29, 1.82) is 0 Å². The summed E-state index contributed by atoms with van der Waals surface area (Å²) < 4.78 is 0. The lowest BCUT2D eigenvalue weighted by Crippen LogP contribution is -1.93. The summed E-state index contributed by atoms with van der Waals surface area (Å²) in [6.07, 6.45) is 0.696. The zero-order chi connectivity index (χ0) is 9.10. The van der Waals surface area contributed by atoms with Gasteiger partial charge in [-0.2, -0.15) is 0 Å². The van der Waals surface area contributed by atoms with Crippen molar-refractivity contribution >= 4 is 47.7 Å². The molecule has 4 heteroatoms. The minimum absolute atomic E-state index is 0. The number of anilines is 1. The third-order valence-electron chi connectivity index (χ3n) is 2.00. The lowest BCUT2D eigenvalue weighted by Gasteiger charge is -2.03. The van der Waals surface area contributed by atoms with Gasteiger partial charge in [0, 0.05) is 11.1 Å². The van der Waals surface area contributed by atoms with Crippen molar-refractivity contribution in [2.75, 3.05) is 5.32 Å². The highest BCUT2D eigenvalue weighted by Gasteiger charge is 1.96. The fraction of sp³-hybridized carbons (Fsp3) is 0. The molecule has 2 aromatic rings. The molecule has 0 aliphatic carbocycles. The smallest absolute Gasteiger partial charge is 0.211 e. The highest BCUT2D eigenvalue weighted by atomic mass is 35.5. The number of halogens is 2. The van der Waals surface area contributed by atoms with Gasteiger partial charge in [-0.15, -0.1) is 24.8 Å². The Morgan fingerprint density at radius 3 is 2.33 bits per heavy atom. The predicted octanol–water partition coefficient (Wildman–Crippen LogP) is 3.25. The van der Waals surface area contributed by atoms with Crippen LogP contribution in [0.2, 0.25) is 0 Å². The van der Waals surface area contributed by atoms with Crippen LogP contribution < -0.4 is 5.32 Å². The minimum Gasteiger partial charge on any atom is -0.328 e. The highest BCUT2D eigenvalue weighted by molar-refractivity contribution is 5.97. The number of fused-ring (bicyclic) bond motifs is 1. The van der Waals surface area contributed by atoms with Gasteiger partial charge in [0.05, 0.1) is 0 Å². The molecule has 0 unspecified atom stereocenters. The van der Waals surface area contributed by atoms with Crippen LogP contribution in [-0.2, 0) is 4.79 Å². The van der Waals surface area contributed by atoms with E-state index in [1.165, 1.54) is 0 Å². The van der Waals surface area contributed by atoms with Crippen molar-refractivity contribution in [3.8, 4) is 0 Å². The molecule has 80 valence electrons. The number of rotatable bonds is 2. The van der Waals surface area contributed by atoms with E-state index in [2.05, 4.69) is 5.32 Å². The summed E-state index contributed by atoms with van der Waals surface area (Å²) in [6, 6.07) is 13.8. The number of amides is 1. The molecule has 0 bridgehead atoms. The molecular weight excluding hydrogens is 233 g/mol. The molecule has 0 atom stereocenters. The third-order valence-corrected chi connectivity index (χ3v) is 2.00. The predicted molar refractivity (Wildman–Crippen MR) is 68.1 cm³/mol. The largest absolute Gasteiger partial charge is 0.328 e. The van der Waals surface area contributed by atoms with Gasteiger partial charge in [-0.3, -0.25) is 4.79 Å². The molecule has 0 fully saturated rings. The van der Waals surface area contributed by atoms with Crippen LogP contribution in [0.1, 0.15) is 0 Å². The van der Waals surface area contributed by atoms with Crippen molar-refractivity contribution in [3.05, 3.63) is 42.5 Å². The van der Waals surface area contributed by atoms with E-state index in [0.29, 0.717) is 6.41 Å². The molecule has 0 saturated heterocycles. The SMILES string of the molecule is Cl.Cl.O=CNc1cccc2ccccc12. The molecule has 15 heavy (non-hydrogen) atoms. The summed E-state index contributed by atoms with van der Waals surface area (Å²) in [5.41, 5.74) is 0.855. The third kappa shape index (κ3) is 2.85. The van der Waals surface area contributed by atoms with Crippen LogP contribution >= 0.6 is 24.8 Å². The first-order chi connectivity index (χ1) is 6.42. The first-order valence-corrected chi connectivity index (χ1v) is 4.10. The van der Waals surface area contributed by atoms with Gasteiger partial charge in [0.15, 0.2) is 0 Å². The quantitative estimate of drug-likeness (QED) is 0.807. The van der Waals surface area contributed by atoms with E-state index < -0.39 is 0 Å². The summed E-state index contributed by atoms with van der Waals surface area (Å²) in [7, 11) is 0. The second-order valence-corrected chi connectivity index (χ2v) is 2.79. The van der Waals surface area contributed by atoms with Crippen LogP contribution in [0.3, 0.4) is 0 Å². The minimum atomic E-state index is 0. The molecule has 0 saturated carbocycles. The van der Waals surface area contributed by atoms with E-state index in [-0.39, 0.29) is 24.8 Å². The number of carbonyl (C=O) groups is 1. The molecule has 0 aliphatic rings. The van der Waals surface area contributed by atoms with Gasteiger partial charge in [-0.05, 0) is 11.5 Å². The normalized spacial score (nSPS) is 8.53. The summed E-state index contributed by atoms with van der Waals surface area (Å²) in [6.45, 7) is 0. The van der Waals surface area contributed by atoms with E-state index in [1.807, 2.05) is 42.5 Å². The molecular formula is C11H11Cl2NO. The van der Waals surface area contributed by atoms with E-state index >= 15 is 0 Å². The summed E-state index contributed by atoms with van der Waals surface area (Å²) in [5.74, 6) is 0. The fourth-order valence-corrected chi connectivity index (χ4v) is 1.41. The Bertz CT molecular complexity index is 440. The van der Waals surface area contributed by atoms with Gasteiger partial charge < -0.3 is 5.32 Å². The van der Waals surface area contributed by atoms with Crippen LogP contribution in [0.25, 0.3) is 10.8 Å². The lowest BCUT2D eigenvalue weighted by atomic mass is 10.1. The van der Waals surface area contributed by atoms with Crippen LogP contribution in [0.15, 0.2) is 42.5 Å². The van der Waals surface area contributed by atoms with Crippen LogP contribution in [0, 0.1) is 0 Å². The van der Waals surface area contributed by atoms with Gasteiger partial charge >= 0.3 is 0 Å². The Morgan fingerprint density at radius 1 is 0.933 bits per heavy atom. The number of nitrogens with one attached hydrogen (secondary N) is 1. The summed E-state index contributed by atoms with van der Waals surface area (Å²) in [5, 5.41) is 4.87. The monoisotopic (exact) mass is 243 g/mol. The van der Waals surface area contributed by atoms with Crippen molar-refractivity contribution in [3.63, 3.8) is 0 Å². The van der Waals surface area contributed by atoms with Crippen molar-refractivity contribution in [2.24, 2.45) is 0 Å². The van der Waals surface area contributed by atoms with Crippen LogP contribution in [0.4, 0.5) is 5.69 Å². The van der Waals surface area contributed by atoms with Crippen molar-refractivity contribution < 1.29 is 4.79 Å². The molecule has 0 aliphatic heterocycles. The molecule has 0 aromatic heterocycles. The number of benzene rings is 2. The van der Waals surface area contributed by atoms with E-state index in [9.17, 15) is 4.79 Å². The van der Waals surface area contributed by atoms with Crippen molar-refractivity contribution in [1.82, 2.24) is 0 Å². The van der Waals surface area contributed by atoms with Crippen LogP contribution in [0.5, 0.6) is 0 Å². The Hall–Kier alpha value is -1.25. The molecule has 2 nitrogen and oxygen atoms in total. The zero-order valence-corrected chi connectivity index (χ0v) is 9.48. The second-order valence-electron chi connectivity index (χ2n) is 2.79. The average Bonchev–Trinajstić information content (AvgIpc) is 2.19. The molecule has 0 heterocycles. The topological polar surface area (TPSA) is 29.1 Å². The molecule has 1 amide bonds. The number of hydrogen-bond donors (Lipinski definition) is 1. The van der Waals surface area contributed by atoms with Crippen molar-refractivity contribution in [2.45, 2.75) is 0 Å².